The number of anilines is 2. The first-order valence-corrected chi connectivity index (χ1v) is 4.68. The summed E-state index contributed by atoms with van der Waals surface area (Å²) in [5, 5.41) is 1.23. The van der Waals surface area contributed by atoms with Crippen LogP contribution in [-0.4, -0.2) is 14.1 Å². The highest BCUT2D eigenvalue weighted by Crippen LogP contribution is 2.41. The van der Waals surface area contributed by atoms with Gasteiger partial charge in [0.15, 0.2) is 0 Å². The largest absolute Gasteiger partial charge is 0.397 e. The summed E-state index contributed by atoms with van der Waals surface area (Å²) in [6.45, 7) is 0. The van der Waals surface area contributed by atoms with Crippen LogP contribution in [0, 0.1) is 0 Å². The molecule has 0 fully saturated rings. The van der Waals surface area contributed by atoms with E-state index in [0.29, 0.717) is 26.4 Å². The molecular weight excluding hydrogens is 230 g/mol. The van der Waals surface area contributed by atoms with E-state index < -0.39 is 0 Å². The lowest BCUT2D eigenvalue weighted by molar-refractivity contribution is 1.13. The van der Waals surface area contributed by atoms with Crippen LogP contribution in [0.4, 0.5) is 11.4 Å². The van der Waals surface area contributed by atoms with E-state index in [1.165, 1.54) is 0 Å². The van der Waals surface area contributed by atoms with Crippen molar-refractivity contribution in [2.45, 2.75) is 0 Å². The fraction of sp³-hybridized carbons (Fsp3) is 0.250. The van der Waals surface area contributed by atoms with E-state index in [1.54, 1.807) is 11.0 Å². The molecule has 13 heavy (non-hydrogen) atoms. The van der Waals surface area contributed by atoms with Gasteiger partial charge in [-0.25, -0.2) is 0 Å². The molecule has 0 atom stereocenters. The molecule has 0 spiro atoms. The minimum absolute atomic E-state index is 0.342. The highest BCUT2D eigenvalue weighted by atomic mass is 35.5. The Morgan fingerprint density at radius 3 is 2.15 bits per heavy atom. The van der Waals surface area contributed by atoms with Gasteiger partial charge in [-0.05, 0) is 6.07 Å². The smallest absolute Gasteiger partial charge is 0.0861 e. The molecular formula is C8H9Cl3N2. The Morgan fingerprint density at radius 1 is 1.15 bits per heavy atom. The average Bonchev–Trinajstić information content (AvgIpc) is 1.99. The number of nitrogen functional groups attached to an aromatic ring is 1. The van der Waals surface area contributed by atoms with Crippen LogP contribution < -0.4 is 10.6 Å². The molecule has 0 unspecified atom stereocenters. The topological polar surface area (TPSA) is 29.3 Å². The molecule has 0 saturated carbocycles. The Hall–Kier alpha value is -0.310. The van der Waals surface area contributed by atoms with Crippen molar-refractivity contribution in [1.82, 2.24) is 0 Å². The normalized spacial score (nSPS) is 10.2. The molecule has 2 N–H and O–H groups in total. The second-order valence-electron chi connectivity index (χ2n) is 2.82. The molecule has 0 radical (unpaired) electrons. The molecule has 0 heterocycles. The van der Waals surface area contributed by atoms with Gasteiger partial charge in [-0.1, -0.05) is 34.8 Å². The lowest BCUT2D eigenvalue weighted by Gasteiger charge is -2.17. The monoisotopic (exact) mass is 238 g/mol. The summed E-state index contributed by atoms with van der Waals surface area (Å²) < 4.78 is 0. The van der Waals surface area contributed by atoms with Crippen LogP contribution in [-0.2, 0) is 0 Å². The Balaban J connectivity index is 3.44. The van der Waals surface area contributed by atoms with Crippen LogP contribution in [0.1, 0.15) is 0 Å². The molecule has 0 amide bonds. The van der Waals surface area contributed by atoms with Crippen molar-refractivity contribution in [1.29, 1.82) is 0 Å². The minimum atomic E-state index is 0.342. The van der Waals surface area contributed by atoms with Crippen LogP contribution in [0.25, 0.3) is 0 Å². The minimum Gasteiger partial charge on any atom is -0.397 e. The maximum Gasteiger partial charge on any atom is 0.0861 e. The second kappa shape index (κ2) is 3.82. The fourth-order valence-corrected chi connectivity index (χ4v) is 1.97. The fourth-order valence-electron chi connectivity index (χ4n) is 1.01. The van der Waals surface area contributed by atoms with Gasteiger partial charge < -0.3 is 10.6 Å². The molecule has 0 bridgehead atoms. The van der Waals surface area contributed by atoms with Crippen molar-refractivity contribution >= 4 is 46.2 Å². The molecule has 72 valence electrons. The highest BCUT2D eigenvalue weighted by Gasteiger charge is 2.14. The van der Waals surface area contributed by atoms with Gasteiger partial charge in [0.05, 0.1) is 26.4 Å². The Morgan fingerprint density at radius 2 is 1.69 bits per heavy atom. The summed E-state index contributed by atoms with van der Waals surface area (Å²) in [5.74, 6) is 0. The average molecular weight is 240 g/mol. The van der Waals surface area contributed by atoms with Crippen molar-refractivity contribution in [3.05, 3.63) is 21.1 Å². The Bertz CT molecular complexity index is 337. The van der Waals surface area contributed by atoms with E-state index in [0.717, 1.165) is 0 Å². The van der Waals surface area contributed by atoms with E-state index in [9.17, 15) is 0 Å². The van der Waals surface area contributed by atoms with Gasteiger partial charge >= 0.3 is 0 Å². The summed E-state index contributed by atoms with van der Waals surface area (Å²) in [7, 11) is 3.67. The highest BCUT2D eigenvalue weighted by molar-refractivity contribution is 6.47. The summed E-state index contributed by atoms with van der Waals surface area (Å²) in [4.78, 5) is 1.79. The third-order valence-electron chi connectivity index (χ3n) is 1.61. The van der Waals surface area contributed by atoms with Crippen molar-refractivity contribution in [2.24, 2.45) is 0 Å². The lowest BCUT2D eigenvalue weighted by atomic mass is 10.2. The van der Waals surface area contributed by atoms with Crippen molar-refractivity contribution < 1.29 is 0 Å². The quantitative estimate of drug-likeness (QED) is 0.602. The maximum absolute atomic E-state index is 5.96. The van der Waals surface area contributed by atoms with Gasteiger partial charge in [-0.2, -0.15) is 0 Å². The molecule has 5 heteroatoms. The predicted octanol–water partition coefficient (Wildman–Crippen LogP) is 3.30. The molecule has 1 aromatic carbocycles. The van der Waals surface area contributed by atoms with Gasteiger partial charge in [-0.3, -0.25) is 0 Å². The SMILES string of the molecule is CN(C)c1c(Cl)cc(N)c(Cl)c1Cl. The first-order chi connectivity index (χ1) is 5.95. The van der Waals surface area contributed by atoms with Gasteiger partial charge in [-0.15, -0.1) is 0 Å². The van der Waals surface area contributed by atoms with Crippen molar-refractivity contribution in [3.8, 4) is 0 Å². The standard InChI is InChI=1S/C8H9Cl3N2/c1-13(2)8-4(9)3-5(12)6(10)7(8)11/h3H,12H2,1-2H3. The number of rotatable bonds is 1. The molecule has 0 aliphatic carbocycles. The number of nitrogens with two attached hydrogens (primary N) is 1. The number of hydrogen-bond donors (Lipinski definition) is 1. The van der Waals surface area contributed by atoms with E-state index in [-0.39, 0.29) is 0 Å². The molecule has 1 aromatic rings. The maximum atomic E-state index is 5.96. The zero-order valence-corrected chi connectivity index (χ0v) is 9.50. The van der Waals surface area contributed by atoms with Crippen LogP contribution >= 0.6 is 34.8 Å². The Kier molecular flexibility index (Phi) is 3.17. The van der Waals surface area contributed by atoms with Crippen LogP contribution in [0.5, 0.6) is 0 Å². The summed E-state index contributed by atoms with van der Waals surface area (Å²) in [6.07, 6.45) is 0. The first kappa shape index (κ1) is 10.8. The third kappa shape index (κ3) is 1.96. The van der Waals surface area contributed by atoms with Gasteiger partial charge in [0.1, 0.15) is 0 Å². The summed E-state index contributed by atoms with van der Waals surface area (Å²) in [6, 6.07) is 1.59. The van der Waals surface area contributed by atoms with Crippen molar-refractivity contribution in [3.63, 3.8) is 0 Å². The zero-order chi connectivity index (χ0) is 10.2. The van der Waals surface area contributed by atoms with E-state index in [2.05, 4.69) is 0 Å². The van der Waals surface area contributed by atoms with E-state index >= 15 is 0 Å². The number of halogens is 3. The van der Waals surface area contributed by atoms with Crippen LogP contribution in [0.3, 0.4) is 0 Å². The number of hydrogen-bond acceptors (Lipinski definition) is 2. The van der Waals surface area contributed by atoms with Gasteiger partial charge in [0.2, 0.25) is 0 Å². The van der Waals surface area contributed by atoms with Gasteiger partial charge in [0, 0.05) is 14.1 Å². The summed E-state index contributed by atoms with van der Waals surface area (Å²) in [5.41, 5.74) is 6.65. The zero-order valence-electron chi connectivity index (χ0n) is 7.24. The molecule has 2 nitrogen and oxygen atoms in total. The molecule has 0 aliphatic heterocycles. The number of benzene rings is 1. The second-order valence-corrected chi connectivity index (χ2v) is 3.98. The third-order valence-corrected chi connectivity index (χ3v) is 2.77. The predicted molar refractivity (Wildman–Crippen MR) is 60.2 cm³/mol. The molecule has 1 rings (SSSR count). The summed E-state index contributed by atoms with van der Waals surface area (Å²) >= 11 is 17.8. The Labute approximate surface area is 92.2 Å². The van der Waals surface area contributed by atoms with E-state index in [1.807, 2.05) is 14.1 Å². The van der Waals surface area contributed by atoms with Crippen LogP contribution in [0.2, 0.25) is 15.1 Å². The van der Waals surface area contributed by atoms with Crippen LogP contribution in [0.15, 0.2) is 6.07 Å². The first-order valence-electron chi connectivity index (χ1n) is 3.55. The lowest BCUT2D eigenvalue weighted by Crippen LogP contribution is -2.10. The molecule has 0 aliphatic rings. The van der Waals surface area contributed by atoms with Gasteiger partial charge in [0.25, 0.3) is 0 Å². The molecule has 0 aromatic heterocycles. The molecule has 0 saturated heterocycles. The van der Waals surface area contributed by atoms with E-state index in [4.69, 9.17) is 40.5 Å². The number of nitrogens with zero attached hydrogens (tertiary/aromatic N) is 1. The van der Waals surface area contributed by atoms with Crippen molar-refractivity contribution in [2.75, 3.05) is 24.7 Å².